The first-order chi connectivity index (χ1) is 57.0. The minimum Gasteiger partial charge on any atom is -0.544 e. The van der Waals surface area contributed by atoms with Gasteiger partial charge in [0.05, 0.1) is 63.7 Å². The number of alkyl halides is 4. The van der Waals surface area contributed by atoms with Crippen molar-refractivity contribution in [2.24, 2.45) is 4.99 Å². The second kappa shape index (κ2) is 40.5. The summed E-state index contributed by atoms with van der Waals surface area (Å²) >= 11 is 38.9. The number of nitrogens with zero attached hydrogens (tertiary/aromatic N) is 17. The summed E-state index contributed by atoms with van der Waals surface area (Å²) < 4.78 is 64.2. The maximum Gasteiger partial charge on any atom is 1.00 e. The van der Waals surface area contributed by atoms with E-state index >= 15 is 0 Å². The van der Waals surface area contributed by atoms with Gasteiger partial charge in [-0.25, -0.2) is 34.6 Å². The molecule has 0 aromatic carbocycles. The number of aliphatic imine (C=N–C) groups is 1. The Bertz CT molecular complexity index is 5280. The number of rotatable bonds is 3. The molecule has 2 N–H and O–H groups in total. The SMILES string of the molecule is CC(C)(C)OC(=O)N1CC2(CCCCC2)n2c(cc3cnc(Cl)nc32)C1=O.CCC1(n2c(C=O)cc3cnc(Cl)nc32)CCCCC1.CI.CSC1=NCC2(CCCCC2)n2c1cc1cnc(Cl)nc12.O=C1NCC2(CCCCC2)n2c1cc1cnc(Cl)nc12.O=CC(F)(F)F.S=C1NCC2(CCCCC2)n2c1cc1cnc(Cl)nc12.[Na+].[O-][Cl+][O-]. The van der Waals surface area contributed by atoms with E-state index in [-0.39, 0.29) is 84.9 Å². The van der Waals surface area contributed by atoms with Gasteiger partial charge in [0.1, 0.15) is 55.3 Å². The van der Waals surface area contributed by atoms with E-state index in [1.165, 1.54) is 113 Å². The molecule has 5 saturated carbocycles. The molecule has 4 aliphatic heterocycles. The van der Waals surface area contributed by atoms with Gasteiger partial charge in [-0.3, -0.25) is 24.2 Å². The molecule has 10 aromatic rings. The number of aldehydes is 2. The molecule has 0 unspecified atom stereocenters. The van der Waals surface area contributed by atoms with Gasteiger partial charge >= 0.3 is 41.8 Å². The van der Waals surface area contributed by atoms with Crippen LogP contribution in [0.3, 0.4) is 0 Å². The fourth-order valence-corrected chi connectivity index (χ4v) is 20.2. The quantitative estimate of drug-likeness (QED) is 0.0414. The van der Waals surface area contributed by atoms with Crippen molar-refractivity contribution in [1.29, 1.82) is 0 Å². The van der Waals surface area contributed by atoms with Gasteiger partial charge in [-0.1, -0.05) is 138 Å². The Morgan fingerprint density at radius 3 is 1.29 bits per heavy atom. The Hall–Kier alpha value is -6.06. The average Bonchev–Trinajstić information content (AvgIpc) is 1.56. The van der Waals surface area contributed by atoms with Crippen LogP contribution in [0.25, 0.3) is 55.2 Å². The molecular weight excluding hydrogens is 1840 g/mol. The van der Waals surface area contributed by atoms with Crippen molar-refractivity contribution in [2.75, 3.05) is 37.4 Å². The summed E-state index contributed by atoms with van der Waals surface area (Å²) in [6, 6.07) is 9.73. The molecule has 27 nitrogen and oxygen atoms in total. The fourth-order valence-electron chi connectivity index (χ4n) is 18.8. The van der Waals surface area contributed by atoms with Crippen molar-refractivity contribution < 1.29 is 92.1 Å². The van der Waals surface area contributed by atoms with Crippen LogP contribution in [-0.4, -0.2) is 167 Å². The van der Waals surface area contributed by atoms with Crippen LogP contribution in [0.4, 0.5) is 18.0 Å². The number of hydrogen-bond donors (Lipinski definition) is 2. The van der Waals surface area contributed by atoms with E-state index in [0.717, 1.165) is 149 Å². The number of nitrogens with one attached hydrogen (secondary N) is 2. The maximum absolute atomic E-state index is 13.1. The molecule has 14 heterocycles. The Kier molecular flexibility index (Phi) is 31.9. The summed E-state index contributed by atoms with van der Waals surface area (Å²) in [7, 11) is 0. The maximum atomic E-state index is 13.1. The number of carbonyl (C=O) groups excluding carboxylic acids is 5. The number of thiocarbonyl (C=S) groups is 1. The monoisotopic (exact) mass is 1930 g/mol. The van der Waals surface area contributed by atoms with E-state index in [1.807, 2.05) is 27.8 Å². The molecule has 120 heavy (non-hydrogen) atoms. The summed E-state index contributed by atoms with van der Waals surface area (Å²) in [5, 5.41) is 13.4. The summed E-state index contributed by atoms with van der Waals surface area (Å²) in [5.74, 6) is -0.398. The van der Waals surface area contributed by atoms with Crippen LogP contribution in [0.15, 0.2) is 66.3 Å². The predicted molar refractivity (Wildman–Crippen MR) is 460 cm³/mol. The standard InChI is InChI=1S/C19H23ClN4O3.C15H17ClN4S.C15H18ClN3O.C14H15ClN4O.C14H15ClN4S.C2HF3O.CH3I.ClO2.Na/c1-18(2,3)27-17(26)23-11-19(7-5-4-6-8-19)24-13(15(23)25)9-12-10-21-16(20)22-14(12)24;1-21-13-11-7-10-8-17-14(16)19-12(10)20(11)15(9-18-13)5-3-2-4-6-15;1-2-15(6-4-3-5-7-15)19-12(10-20)8-11-9-17-14(16)18-13(11)19;2*15-13-16-7-9-6-10-12(20)17-8-14(4-2-1-3-5-14)19(10)11(9)18-13;3-2(4,5)1-6;1-2;2-1-3;/h9-10H,4-8,11H2,1-3H3;7-8H,2-6,9H2,1H3;8-10H,2-7H2,1H3;2*6-7H,1-5,8H2,(H,17,20);1H;1H3;;/q;;;;;;;-1;+1. The first-order valence-electron chi connectivity index (χ1n) is 39.7. The molecule has 5 aliphatic carbocycles. The number of aromatic nitrogens is 15. The van der Waals surface area contributed by atoms with Crippen LogP contribution < -0.4 is 49.5 Å². The third-order valence-corrected chi connectivity index (χ3v) is 25.9. The van der Waals surface area contributed by atoms with Gasteiger partial charge in [-0.05, 0) is 191 Å². The predicted octanol–water partition coefficient (Wildman–Crippen LogP) is 13.9. The van der Waals surface area contributed by atoms with Gasteiger partial charge in [0, 0.05) is 76.5 Å². The molecule has 0 atom stereocenters. The van der Waals surface area contributed by atoms with E-state index < -0.39 is 35.5 Å². The molecule has 3 amide bonds. The molecule has 40 heteroatoms. The second-order valence-corrected chi connectivity index (χ2v) is 35.2. The molecule has 19 rings (SSSR count). The fraction of sp³-hybridized carbons (Fsp3) is 0.537. The van der Waals surface area contributed by atoms with Gasteiger partial charge in [0.2, 0.25) is 32.7 Å². The van der Waals surface area contributed by atoms with Crippen LogP contribution in [0.1, 0.15) is 237 Å². The van der Waals surface area contributed by atoms with Crippen molar-refractivity contribution in [2.45, 2.75) is 234 Å². The minimum absolute atomic E-state index is 0. The van der Waals surface area contributed by atoms with Crippen molar-refractivity contribution in [3.05, 3.63) is 116 Å². The second-order valence-electron chi connectivity index (χ2n) is 32.1. The Morgan fingerprint density at radius 2 is 0.892 bits per heavy atom. The summed E-state index contributed by atoms with van der Waals surface area (Å²) in [4.78, 5) is 110. The smallest absolute Gasteiger partial charge is 0.544 e. The van der Waals surface area contributed by atoms with Crippen LogP contribution in [0, 0.1) is 11.3 Å². The summed E-state index contributed by atoms with van der Waals surface area (Å²) in [6.45, 7) is 10.3. The van der Waals surface area contributed by atoms with Crippen LogP contribution in [0.5, 0.6) is 0 Å². The van der Waals surface area contributed by atoms with E-state index in [1.54, 1.807) is 63.4 Å². The van der Waals surface area contributed by atoms with Crippen molar-refractivity contribution in [3.63, 3.8) is 0 Å². The third-order valence-electron chi connectivity index (χ3n) is 23.9. The van der Waals surface area contributed by atoms with Gasteiger partial charge in [0.25, 0.3) is 11.8 Å². The van der Waals surface area contributed by atoms with Crippen molar-refractivity contribution >= 4 is 200 Å². The zero-order chi connectivity index (χ0) is 85.4. The molecular formula is C80H92Cl6F3IN19NaO8S2. The number of carbonyl (C=O) groups is 5. The molecule has 5 fully saturated rings. The molecule has 0 radical (unpaired) electrons. The number of fused-ring (bicyclic) bond motifs is 17. The van der Waals surface area contributed by atoms with E-state index in [9.17, 15) is 32.3 Å². The first kappa shape index (κ1) is 94.6. The first-order valence-corrected chi connectivity index (χ1v) is 46.0. The molecule has 9 aliphatic rings. The molecule has 4 spiro atoms. The van der Waals surface area contributed by atoms with E-state index in [0.29, 0.717) is 46.4 Å². The molecule has 638 valence electrons. The van der Waals surface area contributed by atoms with Gasteiger partial charge < -0.3 is 47.5 Å². The molecule has 0 bridgehead atoms. The summed E-state index contributed by atoms with van der Waals surface area (Å²) in [5.41, 5.74) is 7.26. The Morgan fingerprint density at radius 1 is 0.550 bits per heavy atom. The number of thioether (sulfide) groups is 1. The van der Waals surface area contributed by atoms with E-state index in [2.05, 4.69) is 127 Å². The van der Waals surface area contributed by atoms with Gasteiger partial charge in [-0.2, -0.15) is 38.1 Å². The summed E-state index contributed by atoms with van der Waals surface area (Å²) in [6.07, 6.45) is 35.3. The number of amides is 3. The van der Waals surface area contributed by atoms with Crippen LogP contribution >= 0.6 is 105 Å². The average molecular weight is 1930 g/mol. The van der Waals surface area contributed by atoms with Crippen LogP contribution in [-0.2, 0) is 37.2 Å². The number of halogens is 10. The Labute approximate surface area is 766 Å². The van der Waals surface area contributed by atoms with Crippen LogP contribution in [0.2, 0.25) is 26.4 Å². The van der Waals surface area contributed by atoms with Gasteiger partial charge in [-0.15, -0.1) is 11.8 Å². The third kappa shape index (κ3) is 20.2. The topological polar surface area (TPSA) is 334 Å². The number of hydrogen-bond acceptors (Lipinski definition) is 21. The zero-order valence-electron chi connectivity index (χ0n) is 67.6. The number of ether oxygens (including phenoxy) is 1. The number of imide groups is 1. The zero-order valence-corrected chi connectivity index (χ0v) is 77.9. The van der Waals surface area contributed by atoms with Crippen molar-refractivity contribution in [3.8, 4) is 0 Å². The van der Waals surface area contributed by atoms with E-state index in [4.69, 9.17) is 94.1 Å². The Balaban J connectivity index is 0.000000142. The van der Waals surface area contributed by atoms with Gasteiger partial charge in [0.15, 0.2) is 6.29 Å². The minimum atomic E-state index is -4.64. The largest absolute Gasteiger partial charge is 1.00 e. The van der Waals surface area contributed by atoms with Crippen molar-refractivity contribution in [1.82, 2.24) is 88.2 Å². The molecule has 10 aromatic heterocycles. The molecule has 0 saturated heterocycles. The normalized spacial score (nSPS) is 18.8.